The van der Waals surface area contributed by atoms with Crippen molar-refractivity contribution in [3.8, 4) is 0 Å². The SMILES string of the molecule is CCCc1ccccc1/C=C(\C)C(=O)[O-]. The van der Waals surface area contributed by atoms with Gasteiger partial charge in [-0.1, -0.05) is 37.6 Å². The minimum Gasteiger partial charge on any atom is -0.545 e. The van der Waals surface area contributed by atoms with Gasteiger partial charge < -0.3 is 9.90 Å². The normalized spacial score (nSPS) is 11.5. The maximum absolute atomic E-state index is 10.6. The quantitative estimate of drug-likeness (QED) is 0.700. The van der Waals surface area contributed by atoms with Crippen LogP contribution in [0.3, 0.4) is 0 Å². The standard InChI is InChI=1S/C13H16O2/c1-3-6-11-7-4-5-8-12(11)9-10(2)13(14)15/h4-5,7-9H,3,6H2,1-2H3,(H,14,15)/p-1/b10-9+. The number of carbonyl (C=O) groups excluding carboxylic acids is 1. The fourth-order valence-electron chi connectivity index (χ4n) is 1.46. The van der Waals surface area contributed by atoms with E-state index >= 15 is 0 Å². The molecule has 0 radical (unpaired) electrons. The number of aliphatic carboxylic acids is 1. The van der Waals surface area contributed by atoms with Gasteiger partial charge in [0.2, 0.25) is 0 Å². The lowest BCUT2D eigenvalue weighted by Crippen LogP contribution is -2.22. The van der Waals surface area contributed by atoms with Crippen molar-refractivity contribution in [1.82, 2.24) is 0 Å². The van der Waals surface area contributed by atoms with Gasteiger partial charge in [-0.05, 0) is 36.1 Å². The van der Waals surface area contributed by atoms with Crippen molar-refractivity contribution < 1.29 is 9.90 Å². The molecule has 15 heavy (non-hydrogen) atoms. The summed E-state index contributed by atoms with van der Waals surface area (Å²) in [6.45, 7) is 3.66. The topological polar surface area (TPSA) is 40.1 Å². The van der Waals surface area contributed by atoms with Gasteiger partial charge >= 0.3 is 0 Å². The van der Waals surface area contributed by atoms with E-state index in [-0.39, 0.29) is 5.57 Å². The van der Waals surface area contributed by atoms with Crippen molar-refractivity contribution >= 4 is 12.0 Å². The molecule has 0 aliphatic rings. The van der Waals surface area contributed by atoms with Crippen LogP contribution in [0.15, 0.2) is 29.8 Å². The molecule has 0 spiro atoms. The average Bonchev–Trinajstić information content (AvgIpc) is 2.21. The van der Waals surface area contributed by atoms with E-state index in [0.29, 0.717) is 0 Å². The number of carboxylic acid groups (broad SMARTS) is 1. The molecule has 2 heteroatoms. The third kappa shape index (κ3) is 3.24. The van der Waals surface area contributed by atoms with Crippen molar-refractivity contribution in [2.24, 2.45) is 0 Å². The van der Waals surface area contributed by atoms with E-state index < -0.39 is 5.97 Å². The Labute approximate surface area is 90.3 Å². The Morgan fingerprint density at radius 1 is 1.40 bits per heavy atom. The number of rotatable bonds is 4. The van der Waals surface area contributed by atoms with E-state index in [4.69, 9.17) is 0 Å². The third-order valence-electron chi connectivity index (χ3n) is 2.27. The lowest BCUT2D eigenvalue weighted by Gasteiger charge is -2.06. The summed E-state index contributed by atoms with van der Waals surface area (Å²) < 4.78 is 0. The molecule has 1 aromatic carbocycles. The van der Waals surface area contributed by atoms with E-state index in [1.807, 2.05) is 24.3 Å². The van der Waals surface area contributed by atoms with Crippen LogP contribution in [0.1, 0.15) is 31.4 Å². The Hall–Kier alpha value is -1.57. The first kappa shape index (κ1) is 11.5. The Balaban J connectivity index is 3.03. The van der Waals surface area contributed by atoms with Gasteiger partial charge in [0.25, 0.3) is 0 Å². The molecule has 0 amide bonds. The Morgan fingerprint density at radius 3 is 2.67 bits per heavy atom. The van der Waals surface area contributed by atoms with Gasteiger partial charge in [0, 0.05) is 0 Å². The van der Waals surface area contributed by atoms with Crippen LogP contribution in [0.2, 0.25) is 0 Å². The molecular weight excluding hydrogens is 188 g/mol. The van der Waals surface area contributed by atoms with E-state index in [9.17, 15) is 9.90 Å². The highest BCUT2D eigenvalue weighted by molar-refractivity contribution is 5.90. The van der Waals surface area contributed by atoms with Crippen LogP contribution in [0, 0.1) is 0 Å². The maximum atomic E-state index is 10.6. The Bertz CT molecular complexity index is 378. The largest absolute Gasteiger partial charge is 0.545 e. The van der Waals surface area contributed by atoms with E-state index in [0.717, 1.165) is 18.4 Å². The molecule has 0 bridgehead atoms. The minimum atomic E-state index is -1.11. The van der Waals surface area contributed by atoms with Gasteiger partial charge in [0.1, 0.15) is 0 Å². The molecule has 80 valence electrons. The summed E-state index contributed by atoms with van der Waals surface area (Å²) in [6, 6.07) is 7.83. The molecule has 0 saturated heterocycles. The van der Waals surface area contributed by atoms with Crippen molar-refractivity contribution in [3.05, 3.63) is 41.0 Å². The zero-order valence-electron chi connectivity index (χ0n) is 9.12. The number of benzene rings is 1. The van der Waals surface area contributed by atoms with Gasteiger partial charge in [0.15, 0.2) is 0 Å². The summed E-state index contributed by atoms with van der Waals surface area (Å²) in [4.78, 5) is 10.6. The number of carbonyl (C=O) groups is 1. The number of aryl methyl sites for hydroxylation is 1. The summed E-state index contributed by atoms with van der Waals surface area (Å²) in [5, 5.41) is 10.6. The van der Waals surface area contributed by atoms with Crippen LogP contribution in [-0.2, 0) is 11.2 Å². The summed E-state index contributed by atoms with van der Waals surface area (Å²) in [5.74, 6) is -1.11. The average molecular weight is 203 g/mol. The molecule has 1 rings (SSSR count). The lowest BCUT2D eigenvalue weighted by atomic mass is 10.0. The minimum absolute atomic E-state index is 0.263. The first-order chi connectivity index (χ1) is 7.15. The molecule has 2 nitrogen and oxygen atoms in total. The summed E-state index contributed by atoms with van der Waals surface area (Å²) in [5.41, 5.74) is 2.42. The molecular formula is C13H15O2-. The van der Waals surface area contributed by atoms with Gasteiger partial charge in [-0.15, -0.1) is 0 Å². The molecule has 0 aromatic heterocycles. The highest BCUT2D eigenvalue weighted by Gasteiger charge is 1.98. The highest BCUT2D eigenvalue weighted by atomic mass is 16.4. The second-order valence-corrected chi connectivity index (χ2v) is 3.56. The zero-order chi connectivity index (χ0) is 11.3. The van der Waals surface area contributed by atoms with Crippen LogP contribution in [0.5, 0.6) is 0 Å². The monoisotopic (exact) mass is 203 g/mol. The van der Waals surface area contributed by atoms with Crippen molar-refractivity contribution in [2.45, 2.75) is 26.7 Å². The first-order valence-electron chi connectivity index (χ1n) is 5.12. The van der Waals surface area contributed by atoms with Crippen molar-refractivity contribution in [2.75, 3.05) is 0 Å². The number of hydrogen-bond donors (Lipinski definition) is 0. The van der Waals surface area contributed by atoms with Gasteiger partial charge in [0.05, 0.1) is 5.97 Å². The summed E-state index contributed by atoms with van der Waals surface area (Å²) in [7, 11) is 0. The molecule has 0 saturated carbocycles. The van der Waals surface area contributed by atoms with Crippen molar-refractivity contribution in [1.29, 1.82) is 0 Å². The second-order valence-electron chi connectivity index (χ2n) is 3.56. The fourth-order valence-corrected chi connectivity index (χ4v) is 1.46. The number of hydrogen-bond acceptors (Lipinski definition) is 2. The summed E-state index contributed by atoms with van der Waals surface area (Å²) in [6.07, 6.45) is 3.68. The number of carboxylic acids is 1. The Kier molecular flexibility index (Phi) is 4.10. The predicted octanol–water partition coefficient (Wildman–Crippen LogP) is 1.79. The zero-order valence-corrected chi connectivity index (χ0v) is 9.12. The van der Waals surface area contributed by atoms with Crippen LogP contribution in [0.25, 0.3) is 6.08 Å². The summed E-state index contributed by atoms with van der Waals surface area (Å²) >= 11 is 0. The van der Waals surface area contributed by atoms with Gasteiger partial charge in [-0.2, -0.15) is 0 Å². The maximum Gasteiger partial charge on any atom is 0.0672 e. The molecule has 0 N–H and O–H groups in total. The Morgan fingerprint density at radius 2 is 2.07 bits per heavy atom. The molecule has 0 aliphatic heterocycles. The van der Waals surface area contributed by atoms with Crippen LogP contribution >= 0.6 is 0 Å². The predicted molar refractivity (Wildman–Crippen MR) is 59.1 cm³/mol. The highest BCUT2D eigenvalue weighted by Crippen LogP contribution is 2.14. The molecule has 1 aromatic rings. The molecule has 0 heterocycles. The van der Waals surface area contributed by atoms with Crippen LogP contribution < -0.4 is 5.11 Å². The van der Waals surface area contributed by atoms with E-state index in [1.54, 1.807) is 13.0 Å². The van der Waals surface area contributed by atoms with E-state index in [1.165, 1.54) is 5.56 Å². The molecule has 0 aliphatic carbocycles. The molecule has 0 fully saturated rings. The first-order valence-corrected chi connectivity index (χ1v) is 5.12. The fraction of sp³-hybridized carbons (Fsp3) is 0.308. The smallest absolute Gasteiger partial charge is 0.0672 e. The third-order valence-corrected chi connectivity index (χ3v) is 2.27. The van der Waals surface area contributed by atoms with Crippen LogP contribution in [0.4, 0.5) is 0 Å². The lowest BCUT2D eigenvalue weighted by molar-refractivity contribution is -0.299. The molecule has 0 atom stereocenters. The molecule has 0 unspecified atom stereocenters. The second kappa shape index (κ2) is 5.35. The van der Waals surface area contributed by atoms with Gasteiger partial charge in [-0.3, -0.25) is 0 Å². The van der Waals surface area contributed by atoms with Crippen LogP contribution in [-0.4, -0.2) is 5.97 Å². The van der Waals surface area contributed by atoms with E-state index in [2.05, 4.69) is 6.92 Å². The van der Waals surface area contributed by atoms with Crippen molar-refractivity contribution in [3.63, 3.8) is 0 Å². The van der Waals surface area contributed by atoms with Gasteiger partial charge in [-0.25, -0.2) is 0 Å².